The molecule has 19 heavy (non-hydrogen) atoms. The summed E-state index contributed by atoms with van der Waals surface area (Å²) in [6.07, 6.45) is 0.155. The Kier molecular flexibility index (Phi) is 2.75. The van der Waals surface area contributed by atoms with Crippen molar-refractivity contribution in [2.45, 2.75) is 19.4 Å². The van der Waals surface area contributed by atoms with Crippen LogP contribution >= 0.6 is 0 Å². The Morgan fingerprint density at radius 3 is 2.63 bits per heavy atom. The van der Waals surface area contributed by atoms with E-state index in [4.69, 9.17) is 10.5 Å². The molecule has 0 amide bonds. The third-order valence-electron chi connectivity index (χ3n) is 3.40. The first-order valence-corrected chi connectivity index (χ1v) is 6.29. The molecule has 3 heteroatoms. The van der Waals surface area contributed by atoms with Gasteiger partial charge in [-0.05, 0) is 24.6 Å². The van der Waals surface area contributed by atoms with Crippen LogP contribution in [-0.4, -0.2) is 5.78 Å². The van der Waals surface area contributed by atoms with Crippen LogP contribution in [0.5, 0.6) is 5.75 Å². The number of hydrogen-bond acceptors (Lipinski definition) is 3. The number of nitrogens with two attached hydrogens (primary N) is 1. The SMILES string of the molecule is Cc1ccc(C2CC(=O)c3ccc(N)cc3O2)cc1. The molecule has 1 heterocycles. The Morgan fingerprint density at radius 1 is 1.16 bits per heavy atom. The Balaban J connectivity index is 1.96. The second-order valence-corrected chi connectivity index (χ2v) is 4.90. The Labute approximate surface area is 112 Å². The molecule has 0 spiro atoms. The Bertz CT molecular complexity index is 632. The maximum Gasteiger partial charge on any atom is 0.170 e. The van der Waals surface area contributed by atoms with Gasteiger partial charge in [0.05, 0.1) is 12.0 Å². The molecule has 2 aromatic rings. The highest BCUT2D eigenvalue weighted by molar-refractivity contribution is 6.00. The maximum absolute atomic E-state index is 12.1. The summed E-state index contributed by atoms with van der Waals surface area (Å²) in [5.41, 5.74) is 9.18. The lowest BCUT2D eigenvalue weighted by Gasteiger charge is -2.25. The van der Waals surface area contributed by atoms with Gasteiger partial charge in [-0.2, -0.15) is 0 Å². The van der Waals surface area contributed by atoms with Crippen molar-refractivity contribution in [2.24, 2.45) is 0 Å². The van der Waals surface area contributed by atoms with Crippen molar-refractivity contribution in [1.29, 1.82) is 0 Å². The van der Waals surface area contributed by atoms with Crippen LogP contribution in [0.15, 0.2) is 42.5 Å². The number of ether oxygens (including phenoxy) is 1. The predicted molar refractivity (Wildman–Crippen MR) is 74.3 cm³/mol. The van der Waals surface area contributed by atoms with Crippen molar-refractivity contribution in [3.05, 3.63) is 59.2 Å². The topological polar surface area (TPSA) is 52.3 Å². The van der Waals surface area contributed by atoms with E-state index in [1.165, 1.54) is 5.56 Å². The van der Waals surface area contributed by atoms with Crippen LogP contribution in [0.3, 0.4) is 0 Å². The molecule has 3 rings (SSSR count). The van der Waals surface area contributed by atoms with Crippen molar-refractivity contribution in [3.8, 4) is 5.75 Å². The van der Waals surface area contributed by atoms with Gasteiger partial charge in [-0.15, -0.1) is 0 Å². The zero-order chi connectivity index (χ0) is 13.4. The molecule has 0 saturated carbocycles. The number of fused-ring (bicyclic) bond motifs is 1. The maximum atomic E-state index is 12.1. The van der Waals surface area contributed by atoms with Gasteiger partial charge in [0, 0.05) is 11.8 Å². The number of ketones is 1. The third kappa shape index (κ3) is 2.19. The summed E-state index contributed by atoms with van der Waals surface area (Å²) < 4.78 is 5.91. The number of Topliss-reactive ketones (excluding diaryl/α,β-unsaturated/α-hetero) is 1. The number of benzene rings is 2. The van der Waals surface area contributed by atoms with E-state index in [-0.39, 0.29) is 11.9 Å². The summed E-state index contributed by atoms with van der Waals surface area (Å²) in [4.78, 5) is 12.1. The molecule has 0 aliphatic carbocycles. The zero-order valence-electron chi connectivity index (χ0n) is 10.7. The fraction of sp³-hybridized carbons (Fsp3) is 0.188. The summed E-state index contributed by atoms with van der Waals surface area (Å²) in [5.74, 6) is 0.689. The first-order chi connectivity index (χ1) is 9.13. The molecule has 0 bridgehead atoms. The highest BCUT2D eigenvalue weighted by Crippen LogP contribution is 2.35. The second-order valence-electron chi connectivity index (χ2n) is 4.90. The highest BCUT2D eigenvalue weighted by Gasteiger charge is 2.27. The lowest BCUT2D eigenvalue weighted by molar-refractivity contribution is 0.0850. The van der Waals surface area contributed by atoms with E-state index in [1.54, 1.807) is 18.2 Å². The van der Waals surface area contributed by atoms with E-state index in [1.807, 2.05) is 31.2 Å². The Morgan fingerprint density at radius 2 is 1.89 bits per heavy atom. The van der Waals surface area contributed by atoms with Crippen molar-refractivity contribution in [2.75, 3.05) is 5.73 Å². The number of hydrogen-bond donors (Lipinski definition) is 1. The standard InChI is InChI=1S/C16H15NO2/c1-10-2-4-11(5-3-10)15-9-14(18)13-7-6-12(17)8-16(13)19-15/h2-8,15H,9,17H2,1H3. The van der Waals surface area contributed by atoms with Crippen molar-refractivity contribution < 1.29 is 9.53 Å². The van der Waals surface area contributed by atoms with Gasteiger partial charge < -0.3 is 10.5 Å². The largest absolute Gasteiger partial charge is 0.484 e. The van der Waals surface area contributed by atoms with Crippen LogP contribution in [-0.2, 0) is 0 Å². The normalized spacial score (nSPS) is 17.7. The van der Waals surface area contributed by atoms with Crippen LogP contribution < -0.4 is 10.5 Å². The van der Waals surface area contributed by atoms with Gasteiger partial charge in [0.15, 0.2) is 5.78 Å². The van der Waals surface area contributed by atoms with Gasteiger partial charge in [-0.3, -0.25) is 4.79 Å². The van der Waals surface area contributed by atoms with Gasteiger partial charge in [0.25, 0.3) is 0 Å². The van der Waals surface area contributed by atoms with E-state index in [0.717, 1.165) is 5.56 Å². The minimum absolute atomic E-state index is 0.104. The summed E-state index contributed by atoms with van der Waals surface area (Å²) in [7, 11) is 0. The van der Waals surface area contributed by atoms with Crippen molar-refractivity contribution in [1.82, 2.24) is 0 Å². The van der Waals surface area contributed by atoms with E-state index in [0.29, 0.717) is 23.4 Å². The van der Waals surface area contributed by atoms with E-state index >= 15 is 0 Å². The van der Waals surface area contributed by atoms with Crippen molar-refractivity contribution >= 4 is 11.5 Å². The molecule has 96 valence electrons. The number of aryl methyl sites for hydroxylation is 1. The lowest BCUT2D eigenvalue weighted by atomic mass is 9.95. The summed E-state index contributed by atoms with van der Waals surface area (Å²) in [6.45, 7) is 2.03. The predicted octanol–water partition coefficient (Wildman–Crippen LogP) is 3.28. The van der Waals surface area contributed by atoms with E-state index in [9.17, 15) is 4.79 Å². The fourth-order valence-electron chi connectivity index (χ4n) is 2.31. The summed E-state index contributed by atoms with van der Waals surface area (Å²) >= 11 is 0. The number of anilines is 1. The van der Waals surface area contributed by atoms with E-state index in [2.05, 4.69) is 0 Å². The molecule has 1 aliphatic heterocycles. The number of carbonyl (C=O) groups excluding carboxylic acids is 1. The van der Waals surface area contributed by atoms with Crippen LogP contribution in [0, 0.1) is 6.92 Å². The van der Waals surface area contributed by atoms with Crippen LogP contribution in [0.1, 0.15) is 34.0 Å². The highest BCUT2D eigenvalue weighted by atomic mass is 16.5. The fourth-order valence-corrected chi connectivity index (χ4v) is 2.31. The van der Waals surface area contributed by atoms with Gasteiger partial charge in [0.1, 0.15) is 11.9 Å². The molecule has 1 aliphatic rings. The molecular formula is C16H15NO2. The molecule has 0 saturated heterocycles. The molecular weight excluding hydrogens is 238 g/mol. The zero-order valence-corrected chi connectivity index (χ0v) is 10.7. The van der Waals surface area contributed by atoms with Gasteiger partial charge in [0.2, 0.25) is 0 Å². The third-order valence-corrected chi connectivity index (χ3v) is 3.40. The monoisotopic (exact) mass is 253 g/mol. The minimum atomic E-state index is -0.220. The Hall–Kier alpha value is -2.29. The number of nitrogen functional groups attached to an aromatic ring is 1. The van der Waals surface area contributed by atoms with Gasteiger partial charge in [-0.25, -0.2) is 0 Å². The number of rotatable bonds is 1. The quantitative estimate of drug-likeness (QED) is 0.793. The average Bonchev–Trinajstić information content (AvgIpc) is 2.38. The molecule has 0 radical (unpaired) electrons. The molecule has 0 aromatic heterocycles. The molecule has 1 unspecified atom stereocenters. The number of carbonyl (C=O) groups is 1. The lowest BCUT2D eigenvalue weighted by Crippen LogP contribution is -2.20. The average molecular weight is 253 g/mol. The second kappa shape index (κ2) is 4.43. The molecule has 3 nitrogen and oxygen atoms in total. The van der Waals surface area contributed by atoms with Gasteiger partial charge >= 0.3 is 0 Å². The van der Waals surface area contributed by atoms with Gasteiger partial charge in [-0.1, -0.05) is 29.8 Å². The molecule has 1 atom stereocenters. The first kappa shape index (κ1) is 11.8. The molecule has 2 N–H and O–H groups in total. The van der Waals surface area contributed by atoms with Crippen molar-refractivity contribution in [3.63, 3.8) is 0 Å². The minimum Gasteiger partial charge on any atom is -0.484 e. The van der Waals surface area contributed by atoms with Crippen LogP contribution in [0.25, 0.3) is 0 Å². The van der Waals surface area contributed by atoms with E-state index < -0.39 is 0 Å². The van der Waals surface area contributed by atoms with Crippen LogP contribution in [0.4, 0.5) is 5.69 Å². The van der Waals surface area contributed by atoms with Crippen LogP contribution in [0.2, 0.25) is 0 Å². The molecule has 2 aromatic carbocycles. The molecule has 0 fully saturated rings. The first-order valence-electron chi connectivity index (χ1n) is 6.29. The smallest absolute Gasteiger partial charge is 0.170 e. The summed E-state index contributed by atoms with van der Waals surface area (Å²) in [6, 6.07) is 13.2. The summed E-state index contributed by atoms with van der Waals surface area (Å²) in [5, 5.41) is 0.